The molecule has 7 nitrogen and oxygen atoms in total. The Hall–Kier alpha value is -3.00. The van der Waals surface area contributed by atoms with Gasteiger partial charge in [-0.25, -0.2) is 0 Å². The van der Waals surface area contributed by atoms with Crippen LogP contribution >= 0.6 is 11.5 Å². The summed E-state index contributed by atoms with van der Waals surface area (Å²) in [7, 11) is 0. The Morgan fingerprint density at radius 2 is 1.90 bits per heavy atom. The molecule has 0 fully saturated rings. The second-order valence-corrected chi connectivity index (χ2v) is 8.92. The monoisotopic (exact) mass is 440 g/mol. The van der Waals surface area contributed by atoms with Crippen molar-refractivity contribution in [1.82, 2.24) is 14.9 Å². The summed E-state index contributed by atoms with van der Waals surface area (Å²) in [5, 5.41) is 8.59. The third-order valence-corrected chi connectivity index (χ3v) is 5.95. The van der Waals surface area contributed by atoms with Gasteiger partial charge in [-0.2, -0.15) is 0 Å². The molecule has 2 heterocycles. The fraction of sp³-hybridized carbons (Fsp3) is 0.391. The van der Waals surface area contributed by atoms with Gasteiger partial charge in [-0.3, -0.25) is 14.5 Å². The Morgan fingerprint density at radius 1 is 1.16 bits per heavy atom. The van der Waals surface area contributed by atoms with Crippen LogP contribution < -0.4 is 10.2 Å². The lowest BCUT2D eigenvalue weighted by Gasteiger charge is -2.33. The van der Waals surface area contributed by atoms with Crippen LogP contribution in [-0.4, -0.2) is 26.9 Å². The van der Waals surface area contributed by atoms with Crippen molar-refractivity contribution in [2.45, 2.75) is 59.5 Å². The highest BCUT2D eigenvalue weighted by atomic mass is 32.1. The molecule has 0 spiro atoms. The molecule has 0 bridgehead atoms. The van der Waals surface area contributed by atoms with Gasteiger partial charge in [-0.05, 0) is 88.0 Å². The highest BCUT2D eigenvalue weighted by molar-refractivity contribution is 7.03. The quantitative estimate of drug-likeness (QED) is 0.573. The topological polar surface area (TPSA) is 88.3 Å². The van der Waals surface area contributed by atoms with E-state index >= 15 is 0 Å². The van der Waals surface area contributed by atoms with E-state index in [4.69, 9.17) is 4.42 Å². The van der Waals surface area contributed by atoms with Crippen LogP contribution in [0.3, 0.4) is 0 Å². The van der Waals surface area contributed by atoms with E-state index in [1.165, 1.54) is 4.90 Å². The summed E-state index contributed by atoms with van der Waals surface area (Å²) in [6, 6.07) is 8.18. The van der Waals surface area contributed by atoms with Crippen molar-refractivity contribution in [3.05, 3.63) is 64.1 Å². The number of benzene rings is 1. The van der Waals surface area contributed by atoms with Crippen LogP contribution in [0.15, 0.2) is 40.1 Å². The van der Waals surface area contributed by atoms with Gasteiger partial charge in [0.25, 0.3) is 11.8 Å². The molecule has 1 atom stereocenters. The molecule has 3 aromatic rings. The summed E-state index contributed by atoms with van der Waals surface area (Å²) < 4.78 is 9.68. The predicted molar refractivity (Wildman–Crippen MR) is 121 cm³/mol. The van der Waals surface area contributed by atoms with Crippen LogP contribution in [0, 0.1) is 20.8 Å². The maximum Gasteiger partial charge on any atom is 0.280 e. The van der Waals surface area contributed by atoms with Crippen molar-refractivity contribution in [3.8, 4) is 0 Å². The maximum atomic E-state index is 13.6. The van der Waals surface area contributed by atoms with Gasteiger partial charge in [0.05, 0.1) is 0 Å². The number of rotatable bonds is 7. The van der Waals surface area contributed by atoms with E-state index in [1.807, 2.05) is 52.8 Å². The molecule has 2 amide bonds. The lowest BCUT2D eigenvalue weighted by Crippen LogP contribution is -2.50. The zero-order valence-corrected chi connectivity index (χ0v) is 19.5. The van der Waals surface area contributed by atoms with Gasteiger partial charge in [0.2, 0.25) is 0 Å². The van der Waals surface area contributed by atoms with Crippen molar-refractivity contribution >= 4 is 29.0 Å². The first kappa shape index (κ1) is 22.7. The van der Waals surface area contributed by atoms with Gasteiger partial charge in [-0.15, -0.1) is 5.10 Å². The second kappa shape index (κ2) is 9.01. The standard InChI is InChI=1S/C23H28N4O3S/c1-7-23(5,6)24-21(28)20(19-11-9-16(4)30-19)27(22(29)18-13-31-26-25-18)17-10-8-14(2)15(3)12-17/h8-13,20H,7H2,1-6H3,(H,24,28)/t20-/m1/s1. The molecule has 8 heteroatoms. The number of carbonyl (C=O) groups is 2. The summed E-state index contributed by atoms with van der Waals surface area (Å²) in [5.74, 6) is 0.304. The van der Waals surface area contributed by atoms with Crippen LogP contribution in [0.5, 0.6) is 0 Å². The van der Waals surface area contributed by atoms with Crippen molar-refractivity contribution < 1.29 is 14.0 Å². The van der Waals surface area contributed by atoms with Crippen LogP contribution in [0.2, 0.25) is 0 Å². The van der Waals surface area contributed by atoms with Crippen molar-refractivity contribution in [3.63, 3.8) is 0 Å². The molecule has 31 heavy (non-hydrogen) atoms. The van der Waals surface area contributed by atoms with Crippen LogP contribution in [0.1, 0.15) is 66.4 Å². The maximum absolute atomic E-state index is 13.6. The molecule has 0 saturated carbocycles. The predicted octanol–water partition coefficient (Wildman–Crippen LogP) is 4.75. The molecule has 1 aromatic carbocycles. The number of hydrogen-bond acceptors (Lipinski definition) is 6. The number of carbonyl (C=O) groups excluding carboxylic acids is 2. The highest BCUT2D eigenvalue weighted by Gasteiger charge is 2.38. The normalized spacial score (nSPS) is 12.5. The van der Waals surface area contributed by atoms with Gasteiger partial charge < -0.3 is 9.73 Å². The molecule has 0 unspecified atom stereocenters. The summed E-state index contributed by atoms with van der Waals surface area (Å²) in [5.41, 5.74) is 2.42. The number of nitrogens with one attached hydrogen (secondary N) is 1. The molecular formula is C23H28N4O3S. The van der Waals surface area contributed by atoms with Crippen LogP contribution in [0.25, 0.3) is 0 Å². The first-order valence-corrected chi connectivity index (χ1v) is 11.0. The van der Waals surface area contributed by atoms with Gasteiger partial charge >= 0.3 is 0 Å². The molecule has 2 aromatic heterocycles. The zero-order chi connectivity index (χ0) is 22.8. The van der Waals surface area contributed by atoms with Crippen LogP contribution in [0.4, 0.5) is 5.69 Å². The SMILES string of the molecule is CCC(C)(C)NC(=O)[C@@H](c1ccc(C)o1)N(C(=O)c1csnn1)c1ccc(C)c(C)c1. The van der Waals surface area contributed by atoms with Crippen molar-refractivity contribution in [2.24, 2.45) is 0 Å². The first-order chi connectivity index (χ1) is 14.6. The third kappa shape index (κ3) is 5.02. The number of furan rings is 1. The molecule has 0 saturated heterocycles. The minimum Gasteiger partial charge on any atom is -0.464 e. The molecule has 1 N–H and O–H groups in total. The van der Waals surface area contributed by atoms with Gasteiger partial charge in [-0.1, -0.05) is 17.5 Å². The fourth-order valence-corrected chi connectivity index (χ4v) is 3.53. The van der Waals surface area contributed by atoms with Gasteiger partial charge in [0.15, 0.2) is 11.7 Å². The molecule has 0 aliphatic rings. The van der Waals surface area contributed by atoms with E-state index in [0.29, 0.717) is 17.2 Å². The average Bonchev–Trinajstić information content (AvgIpc) is 3.39. The minimum atomic E-state index is -1.00. The Bertz CT molecular complexity index is 1070. The summed E-state index contributed by atoms with van der Waals surface area (Å²) in [4.78, 5) is 28.6. The zero-order valence-electron chi connectivity index (χ0n) is 18.7. The van der Waals surface area contributed by atoms with Crippen molar-refractivity contribution in [2.75, 3.05) is 4.90 Å². The smallest absolute Gasteiger partial charge is 0.280 e. The largest absolute Gasteiger partial charge is 0.464 e. The van der Waals surface area contributed by atoms with E-state index in [1.54, 1.807) is 24.4 Å². The van der Waals surface area contributed by atoms with Crippen molar-refractivity contribution in [1.29, 1.82) is 0 Å². The molecule has 0 aliphatic carbocycles. The van der Waals surface area contributed by atoms with E-state index in [9.17, 15) is 9.59 Å². The molecular weight excluding hydrogens is 412 g/mol. The first-order valence-electron chi connectivity index (χ1n) is 10.2. The summed E-state index contributed by atoms with van der Waals surface area (Å²) >= 11 is 1.09. The van der Waals surface area contributed by atoms with E-state index < -0.39 is 17.5 Å². The van der Waals surface area contributed by atoms with E-state index in [0.717, 1.165) is 29.1 Å². The minimum absolute atomic E-state index is 0.180. The number of amides is 2. The molecule has 164 valence electrons. The molecule has 0 radical (unpaired) electrons. The van der Waals surface area contributed by atoms with E-state index in [-0.39, 0.29) is 11.6 Å². The second-order valence-electron chi connectivity index (χ2n) is 8.31. The lowest BCUT2D eigenvalue weighted by molar-refractivity contribution is -0.124. The van der Waals surface area contributed by atoms with Gasteiger partial charge in [0, 0.05) is 16.6 Å². The Balaban J connectivity index is 2.17. The summed E-state index contributed by atoms with van der Waals surface area (Å²) in [6.45, 7) is 11.7. The van der Waals surface area contributed by atoms with E-state index in [2.05, 4.69) is 14.9 Å². The number of hydrogen-bond donors (Lipinski definition) is 1. The molecule has 3 rings (SSSR count). The number of aromatic nitrogens is 2. The number of aryl methyl sites for hydroxylation is 3. The molecule has 0 aliphatic heterocycles. The highest BCUT2D eigenvalue weighted by Crippen LogP contribution is 2.32. The lowest BCUT2D eigenvalue weighted by atomic mass is 10.00. The Labute approximate surface area is 186 Å². The Kier molecular flexibility index (Phi) is 6.59. The average molecular weight is 441 g/mol. The number of anilines is 1. The fourth-order valence-electron chi connectivity index (χ4n) is 3.10. The Morgan fingerprint density at radius 3 is 2.45 bits per heavy atom. The van der Waals surface area contributed by atoms with Crippen LogP contribution in [-0.2, 0) is 4.79 Å². The summed E-state index contributed by atoms with van der Waals surface area (Å²) in [6.07, 6.45) is 0.732. The van der Waals surface area contributed by atoms with Gasteiger partial charge in [0.1, 0.15) is 11.5 Å². The third-order valence-electron chi connectivity index (χ3n) is 5.45. The number of nitrogens with zero attached hydrogens (tertiary/aromatic N) is 3.